The fraction of sp³-hybridized carbons (Fsp3) is 0.500. The number of hydrogen-bond donors (Lipinski definition) is 2. The Bertz CT molecular complexity index is 746. The van der Waals surface area contributed by atoms with Crippen molar-refractivity contribution in [3.8, 4) is 11.1 Å². The van der Waals surface area contributed by atoms with Crippen molar-refractivity contribution in [3.05, 3.63) is 60.2 Å². The molecule has 1 heterocycles. The zero-order chi connectivity index (χ0) is 19.7. The molecule has 0 spiro atoms. The Kier molecular flexibility index (Phi) is 5.76. The molecule has 1 saturated heterocycles. The highest BCUT2D eigenvalue weighted by Crippen LogP contribution is 2.42. The standard InChI is InChI=1S/C24H33NO2/c1-18-14-16-25(17-15-18)22(26)24(4,27)23(2,3)21-13-9-8-12-20(21)19-10-6-5-7-11-19/h5-13,18,22,26-27H,14-17H2,1-4H3. The first kappa shape index (κ1) is 20.1. The van der Waals surface area contributed by atoms with Crippen LogP contribution in [0.2, 0.25) is 0 Å². The van der Waals surface area contributed by atoms with E-state index in [1.54, 1.807) is 6.92 Å². The first-order valence-corrected chi connectivity index (χ1v) is 10.0. The molecule has 2 aromatic carbocycles. The second kappa shape index (κ2) is 7.75. The maximum Gasteiger partial charge on any atom is 0.137 e. The summed E-state index contributed by atoms with van der Waals surface area (Å²) in [4.78, 5) is 2.03. The van der Waals surface area contributed by atoms with E-state index in [0.29, 0.717) is 5.92 Å². The number of aliphatic hydroxyl groups excluding tert-OH is 1. The van der Waals surface area contributed by atoms with Gasteiger partial charge in [0.05, 0.1) is 0 Å². The number of nitrogens with zero attached hydrogens (tertiary/aromatic N) is 1. The summed E-state index contributed by atoms with van der Waals surface area (Å²) >= 11 is 0. The minimum Gasteiger partial charge on any atom is -0.385 e. The molecular weight excluding hydrogens is 334 g/mol. The van der Waals surface area contributed by atoms with E-state index in [1.165, 1.54) is 0 Å². The van der Waals surface area contributed by atoms with Crippen LogP contribution >= 0.6 is 0 Å². The van der Waals surface area contributed by atoms with Gasteiger partial charge in [0, 0.05) is 18.5 Å². The lowest BCUT2D eigenvalue weighted by atomic mass is 9.67. The van der Waals surface area contributed by atoms with Crippen LogP contribution in [-0.2, 0) is 5.41 Å². The van der Waals surface area contributed by atoms with Crippen LogP contribution in [0.1, 0.15) is 46.1 Å². The van der Waals surface area contributed by atoms with Crippen LogP contribution in [0, 0.1) is 5.92 Å². The molecule has 146 valence electrons. The number of likely N-dealkylation sites (tertiary alicyclic amines) is 1. The van der Waals surface area contributed by atoms with Crippen LogP contribution in [0.5, 0.6) is 0 Å². The van der Waals surface area contributed by atoms with Gasteiger partial charge in [-0.2, -0.15) is 0 Å². The molecule has 2 atom stereocenters. The Labute approximate surface area is 163 Å². The van der Waals surface area contributed by atoms with Gasteiger partial charge in [-0.05, 0) is 42.4 Å². The van der Waals surface area contributed by atoms with Crippen LogP contribution in [-0.4, -0.2) is 40.0 Å². The van der Waals surface area contributed by atoms with Gasteiger partial charge in [0.2, 0.25) is 0 Å². The molecule has 0 amide bonds. The second-order valence-corrected chi connectivity index (χ2v) is 8.78. The Balaban J connectivity index is 1.96. The molecule has 0 saturated carbocycles. The molecule has 2 unspecified atom stereocenters. The normalized spacial score (nSPS) is 20.2. The molecule has 3 rings (SSSR count). The van der Waals surface area contributed by atoms with Gasteiger partial charge in [-0.1, -0.05) is 75.4 Å². The molecule has 2 N–H and O–H groups in total. The van der Waals surface area contributed by atoms with Crippen LogP contribution in [0.4, 0.5) is 0 Å². The molecule has 0 radical (unpaired) electrons. The van der Waals surface area contributed by atoms with Crippen molar-refractivity contribution in [2.24, 2.45) is 5.92 Å². The third-order valence-electron chi connectivity index (χ3n) is 6.62. The monoisotopic (exact) mass is 367 g/mol. The summed E-state index contributed by atoms with van der Waals surface area (Å²) in [5.74, 6) is 0.685. The molecule has 1 aliphatic heterocycles. The van der Waals surface area contributed by atoms with Crippen molar-refractivity contribution in [3.63, 3.8) is 0 Å². The average Bonchev–Trinajstić information content (AvgIpc) is 2.68. The van der Waals surface area contributed by atoms with Gasteiger partial charge in [0.25, 0.3) is 0 Å². The third-order valence-corrected chi connectivity index (χ3v) is 6.62. The van der Waals surface area contributed by atoms with Crippen LogP contribution < -0.4 is 0 Å². The molecule has 1 aliphatic rings. The first-order chi connectivity index (χ1) is 12.7. The minimum atomic E-state index is -1.29. The highest BCUT2D eigenvalue weighted by molar-refractivity contribution is 5.69. The van der Waals surface area contributed by atoms with E-state index in [1.807, 2.05) is 49.1 Å². The number of piperidine rings is 1. The Hall–Kier alpha value is -1.68. The van der Waals surface area contributed by atoms with Crippen molar-refractivity contribution in [2.75, 3.05) is 13.1 Å². The minimum absolute atomic E-state index is 0.637. The van der Waals surface area contributed by atoms with E-state index in [2.05, 4.69) is 31.2 Å². The lowest BCUT2D eigenvalue weighted by Gasteiger charge is -2.48. The van der Waals surface area contributed by atoms with E-state index in [-0.39, 0.29) is 0 Å². The number of hydrogen-bond acceptors (Lipinski definition) is 3. The SMILES string of the molecule is CC1CCN(C(O)C(C)(O)C(C)(C)c2ccccc2-c2ccccc2)CC1. The number of aliphatic hydroxyl groups is 2. The van der Waals surface area contributed by atoms with Crippen molar-refractivity contribution in [1.82, 2.24) is 4.90 Å². The first-order valence-electron chi connectivity index (χ1n) is 10.0. The maximum absolute atomic E-state index is 11.6. The van der Waals surface area contributed by atoms with E-state index in [0.717, 1.165) is 42.6 Å². The molecule has 0 bridgehead atoms. The third kappa shape index (κ3) is 3.82. The lowest BCUT2D eigenvalue weighted by Crippen LogP contribution is -2.61. The van der Waals surface area contributed by atoms with Gasteiger partial charge in [-0.15, -0.1) is 0 Å². The van der Waals surface area contributed by atoms with E-state index < -0.39 is 17.2 Å². The largest absolute Gasteiger partial charge is 0.385 e. The van der Waals surface area contributed by atoms with Gasteiger partial charge in [-0.3, -0.25) is 4.90 Å². The molecule has 2 aromatic rings. The van der Waals surface area contributed by atoms with Crippen molar-refractivity contribution < 1.29 is 10.2 Å². The van der Waals surface area contributed by atoms with Crippen LogP contribution in [0.3, 0.4) is 0 Å². The molecule has 0 aromatic heterocycles. The number of rotatable bonds is 5. The summed E-state index contributed by atoms with van der Waals surface area (Å²) in [5.41, 5.74) is 1.34. The molecular formula is C24H33NO2. The van der Waals surface area contributed by atoms with E-state index in [4.69, 9.17) is 0 Å². The van der Waals surface area contributed by atoms with Crippen molar-refractivity contribution >= 4 is 0 Å². The quantitative estimate of drug-likeness (QED) is 0.821. The summed E-state index contributed by atoms with van der Waals surface area (Å²) in [7, 11) is 0. The lowest BCUT2D eigenvalue weighted by molar-refractivity contribution is -0.176. The summed E-state index contributed by atoms with van der Waals surface area (Å²) in [6.07, 6.45) is 1.23. The summed E-state index contributed by atoms with van der Waals surface area (Å²) in [6, 6.07) is 18.4. The van der Waals surface area contributed by atoms with Gasteiger partial charge in [0.15, 0.2) is 0 Å². The molecule has 0 aliphatic carbocycles. The molecule has 27 heavy (non-hydrogen) atoms. The second-order valence-electron chi connectivity index (χ2n) is 8.78. The van der Waals surface area contributed by atoms with E-state index >= 15 is 0 Å². The fourth-order valence-electron chi connectivity index (χ4n) is 4.12. The predicted octanol–water partition coefficient (Wildman–Crippen LogP) is 4.43. The predicted molar refractivity (Wildman–Crippen MR) is 112 cm³/mol. The van der Waals surface area contributed by atoms with E-state index in [9.17, 15) is 10.2 Å². The average molecular weight is 368 g/mol. The summed E-state index contributed by atoms with van der Waals surface area (Å²) in [5, 5.41) is 22.7. The zero-order valence-corrected chi connectivity index (χ0v) is 17.0. The van der Waals surface area contributed by atoms with Crippen molar-refractivity contribution in [2.45, 2.75) is 57.8 Å². The molecule has 3 heteroatoms. The number of benzene rings is 2. The van der Waals surface area contributed by atoms with Crippen LogP contribution in [0.15, 0.2) is 54.6 Å². The van der Waals surface area contributed by atoms with Gasteiger partial charge >= 0.3 is 0 Å². The molecule has 3 nitrogen and oxygen atoms in total. The topological polar surface area (TPSA) is 43.7 Å². The highest BCUT2D eigenvalue weighted by atomic mass is 16.4. The fourth-order valence-corrected chi connectivity index (χ4v) is 4.12. The maximum atomic E-state index is 11.6. The highest BCUT2D eigenvalue weighted by Gasteiger charge is 2.49. The molecule has 1 fully saturated rings. The van der Waals surface area contributed by atoms with Crippen molar-refractivity contribution in [1.29, 1.82) is 0 Å². The Morgan fingerprint density at radius 2 is 1.48 bits per heavy atom. The van der Waals surface area contributed by atoms with Crippen LogP contribution in [0.25, 0.3) is 11.1 Å². The summed E-state index contributed by atoms with van der Waals surface area (Å²) < 4.78 is 0. The van der Waals surface area contributed by atoms with Gasteiger partial charge in [-0.25, -0.2) is 0 Å². The Morgan fingerprint density at radius 3 is 2.11 bits per heavy atom. The van der Waals surface area contributed by atoms with Gasteiger partial charge in [0.1, 0.15) is 11.8 Å². The Morgan fingerprint density at radius 1 is 0.926 bits per heavy atom. The van der Waals surface area contributed by atoms with Gasteiger partial charge < -0.3 is 10.2 Å². The smallest absolute Gasteiger partial charge is 0.137 e. The zero-order valence-electron chi connectivity index (χ0n) is 17.0. The summed E-state index contributed by atoms with van der Waals surface area (Å²) in [6.45, 7) is 9.75.